The summed E-state index contributed by atoms with van der Waals surface area (Å²) in [5, 5.41) is 10.2. The lowest BCUT2D eigenvalue weighted by molar-refractivity contribution is 0.0157. The number of rotatable bonds is 3. The summed E-state index contributed by atoms with van der Waals surface area (Å²) >= 11 is 0. The third kappa shape index (κ3) is 1.78. The summed E-state index contributed by atoms with van der Waals surface area (Å²) in [6.45, 7) is 1.87. The second kappa shape index (κ2) is 3.18. The minimum Gasteiger partial charge on any atom is -0.472 e. The molecule has 1 atom stereocenters. The van der Waals surface area contributed by atoms with Crippen molar-refractivity contribution in [3.8, 4) is 0 Å². The monoisotopic (exact) mass is 180 g/mol. The van der Waals surface area contributed by atoms with E-state index in [4.69, 9.17) is 4.42 Å². The Hall–Kier alpha value is -0.760. The molecule has 1 unspecified atom stereocenters. The van der Waals surface area contributed by atoms with Gasteiger partial charge in [0.25, 0.3) is 0 Å². The minimum atomic E-state index is -0.696. The third-order valence-corrected chi connectivity index (χ3v) is 3.05. The van der Waals surface area contributed by atoms with Gasteiger partial charge in [-0.05, 0) is 25.3 Å². The van der Waals surface area contributed by atoms with Crippen LogP contribution in [0.3, 0.4) is 0 Å². The lowest BCUT2D eigenvalue weighted by Crippen LogP contribution is -2.27. The number of aliphatic hydroxyl groups is 1. The van der Waals surface area contributed by atoms with Crippen molar-refractivity contribution in [3.05, 3.63) is 24.2 Å². The van der Waals surface area contributed by atoms with Gasteiger partial charge in [0.05, 0.1) is 18.1 Å². The topological polar surface area (TPSA) is 33.4 Å². The molecule has 2 nitrogen and oxygen atoms in total. The highest BCUT2D eigenvalue weighted by Gasteiger charge is 2.30. The SMILES string of the molecule is CC(O)(CC1CCC1)c1ccoc1. The molecule has 1 aromatic heterocycles. The van der Waals surface area contributed by atoms with Crippen LogP contribution in [0.25, 0.3) is 0 Å². The highest BCUT2D eigenvalue weighted by molar-refractivity contribution is 5.15. The summed E-state index contributed by atoms with van der Waals surface area (Å²) in [5.74, 6) is 0.713. The molecule has 1 aliphatic carbocycles. The highest BCUT2D eigenvalue weighted by Crippen LogP contribution is 2.37. The van der Waals surface area contributed by atoms with E-state index < -0.39 is 5.60 Å². The predicted octanol–water partition coefficient (Wildman–Crippen LogP) is 2.68. The Morgan fingerprint density at radius 3 is 2.85 bits per heavy atom. The minimum absolute atomic E-state index is 0.696. The lowest BCUT2D eigenvalue weighted by atomic mass is 9.76. The molecule has 1 N–H and O–H groups in total. The first-order chi connectivity index (χ1) is 6.18. The lowest BCUT2D eigenvalue weighted by Gasteiger charge is -2.32. The maximum atomic E-state index is 10.2. The smallest absolute Gasteiger partial charge is 0.0963 e. The molecule has 13 heavy (non-hydrogen) atoms. The first-order valence-electron chi connectivity index (χ1n) is 4.93. The van der Waals surface area contributed by atoms with Crippen molar-refractivity contribution in [3.63, 3.8) is 0 Å². The summed E-state index contributed by atoms with van der Waals surface area (Å²) in [6, 6.07) is 1.85. The van der Waals surface area contributed by atoms with Gasteiger partial charge in [-0.1, -0.05) is 19.3 Å². The summed E-state index contributed by atoms with van der Waals surface area (Å²) < 4.78 is 4.97. The van der Waals surface area contributed by atoms with Gasteiger partial charge in [0.15, 0.2) is 0 Å². The molecule has 2 rings (SSSR count). The van der Waals surface area contributed by atoms with E-state index in [0.717, 1.165) is 12.0 Å². The maximum absolute atomic E-state index is 10.2. The van der Waals surface area contributed by atoms with Gasteiger partial charge >= 0.3 is 0 Å². The van der Waals surface area contributed by atoms with Gasteiger partial charge in [0, 0.05) is 5.56 Å². The van der Waals surface area contributed by atoms with Gasteiger partial charge in [-0.2, -0.15) is 0 Å². The fourth-order valence-corrected chi connectivity index (χ4v) is 1.95. The first kappa shape index (κ1) is 8.82. The predicted molar refractivity (Wildman–Crippen MR) is 50.2 cm³/mol. The van der Waals surface area contributed by atoms with Crippen LogP contribution in [0.2, 0.25) is 0 Å². The molecule has 1 aromatic rings. The summed E-state index contributed by atoms with van der Waals surface area (Å²) in [4.78, 5) is 0. The van der Waals surface area contributed by atoms with E-state index >= 15 is 0 Å². The Bertz CT molecular complexity index is 258. The fourth-order valence-electron chi connectivity index (χ4n) is 1.95. The van der Waals surface area contributed by atoms with Crippen molar-refractivity contribution in [2.75, 3.05) is 0 Å². The normalized spacial score (nSPS) is 22.3. The van der Waals surface area contributed by atoms with Gasteiger partial charge in [-0.15, -0.1) is 0 Å². The molecule has 0 bridgehead atoms. The van der Waals surface area contributed by atoms with E-state index in [1.165, 1.54) is 19.3 Å². The Morgan fingerprint density at radius 2 is 2.38 bits per heavy atom. The van der Waals surface area contributed by atoms with Crippen molar-refractivity contribution in [2.24, 2.45) is 5.92 Å². The summed E-state index contributed by atoms with van der Waals surface area (Å²) in [6.07, 6.45) is 7.99. The van der Waals surface area contributed by atoms with Crippen molar-refractivity contribution in [2.45, 2.75) is 38.2 Å². The van der Waals surface area contributed by atoms with Gasteiger partial charge in [0.1, 0.15) is 0 Å². The fraction of sp³-hybridized carbons (Fsp3) is 0.636. The molecule has 0 aromatic carbocycles. The quantitative estimate of drug-likeness (QED) is 0.775. The van der Waals surface area contributed by atoms with E-state index in [-0.39, 0.29) is 0 Å². The van der Waals surface area contributed by atoms with Gasteiger partial charge < -0.3 is 9.52 Å². The van der Waals surface area contributed by atoms with Gasteiger partial charge in [0.2, 0.25) is 0 Å². The Kier molecular flexibility index (Phi) is 2.16. The van der Waals surface area contributed by atoms with Crippen molar-refractivity contribution < 1.29 is 9.52 Å². The van der Waals surface area contributed by atoms with Crippen molar-refractivity contribution in [1.29, 1.82) is 0 Å². The second-order valence-corrected chi connectivity index (χ2v) is 4.29. The molecule has 1 saturated carbocycles. The molecule has 1 heterocycles. The molecule has 0 aliphatic heterocycles. The molecule has 1 aliphatic rings. The maximum Gasteiger partial charge on any atom is 0.0963 e. The van der Waals surface area contributed by atoms with Crippen LogP contribution in [0, 0.1) is 5.92 Å². The van der Waals surface area contributed by atoms with Gasteiger partial charge in [-0.3, -0.25) is 0 Å². The zero-order chi connectivity index (χ0) is 9.31. The molecule has 0 spiro atoms. The molecular formula is C11H16O2. The molecule has 1 fully saturated rings. The molecule has 0 radical (unpaired) electrons. The standard InChI is InChI=1S/C11H16O2/c1-11(12,7-9-3-2-4-9)10-5-6-13-8-10/h5-6,8-9,12H,2-4,7H2,1H3. The third-order valence-electron chi connectivity index (χ3n) is 3.05. The number of furan rings is 1. The first-order valence-corrected chi connectivity index (χ1v) is 4.93. The Morgan fingerprint density at radius 1 is 1.62 bits per heavy atom. The summed E-state index contributed by atoms with van der Waals surface area (Å²) in [5.41, 5.74) is 0.206. The highest BCUT2D eigenvalue weighted by atomic mass is 16.3. The van der Waals surface area contributed by atoms with E-state index in [0.29, 0.717) is 5.92 Å². The average Bonchev–Trinajstić information content (AvgIpc) is 2.49. The molecule has 0 amide bonds. The van der Waals surface area contributed by atoms with E-state index in [9.17, 15) is 5.11 Å². The van der Waals surface area contributed by atoms with Crippen molar-refractivity contribution in [1.82, 2.24) is 0 Å². The molecule has 2 heteroatoms. The van der Waals surface area contributed by atoms with Gasteiger partial charge in [-0.25, -0.2) is 0 Å². The summed E-state index contributed by atoms with van der Waals surface area (Å²) in [7, 11) is 0. The molecule has 72 valence electrons. The zero-order valence-electron chi connectivity index (χ0n) is 7.99. The van der Waals surface area contributed by atoms with Crippen LogP contribution >= 0.6 is 0 Å². The van der Waals surface area contributed by atoms with E-state index in [1.807, 2.05) is 13.0 Å². The van der Waals surface area contributed by atoms with Crippen LogP contribution in [-0.4, -0.2) is 5.11 Å². The average molecular weight is 180 g/mol. The number of hydrogen-bond donors (Lipinski definition) is 1. The van der Waals surface area contributed by atoms with Crippen LogP contribution in [0.5, 0.6) is 0 Å². The van der Waals surface area contributed by atoms with Crippen LogP contribution in [0.1, 0.15) is 38.2 Å². The van der Waals surface area contributed by atoms with Crippen LogP contribution in [0.15, 0.2) is 23.0 Å². The molecule has 0 saturated heterocycles. The Balaban J connectivity index is 2.02. The number of hydrogen-bond acceptors (Lipinski definition) is 2. The molecular weight excluding hydrogens is 164 g/mol. The van der Waals surface area contributed by atoms with Crippen LogP contribution in [-0.2, 0) is 5.60 Å². The Labute approximate surface area is 78.6 Å². The second-order valence-electron chi connectivity index (χ2n) is 4.29. The van der Waals surface area contributed by atoms with E-state index in [2.05, 4.69) is 0 Å². The largest absolute Gasteiger partial charge is 0.472 e. The van der Waals surface area contributed by atoms with E-state index in [1.54, 1.807) is 12.5 Å². The van der Waals surface area contributed by atoms with Crippen LogP contribution < -0.4 is 0 Å². The zero-order valence-corrected chi connectivity index (χ0v) is 7.99. The van der Waals surface area contributed by atoms with Crippen molar-refractivity contribution >= 4 is 0 Å². The van der Waals surface area contributed by atoms with Crippen LogP contribution in [0.4, 0.5) is 0 Å².